The molecule has 138 valence electrons. The molecular formula is C21H26N2O3. The minimum Gasteiger partial charge on any atom is -0.481 e. The van der Waals surface area contributed by atoms with Gasteiger partial charge in [0.1, 0.15) is 0 Å². The number of fused-ring (bicyclic) bond motifs is 1. The number of rotatable bonds is 3. The number of carboxylic acids is 1. The first kappa shape index (κ1) is 17.1. The molecule has 2 aromatic rings. The monoisotopic (exact) mass is 354 g/mol. The number of carbonyl (C=O) groups excluding carboxylic acids is 1. The number of aromatic amines is 1. The Kier molecular flexibility index (Phi) is 4.70. The summed E-state index contributed by atoms with van der Waals surface area (Å²) in [6.07, 6.45) is 6.97. The molecule has 2 unspecified atom stereocenters. The molecule has 5 nitrogen and oxygen atoms in total. The number of carboxylic acid groups (broad SMARTS) is 1. The Labute approximate surface area is 153 Å². The number of nitrogens with one attached hydrogen (secondary N) is 1. The quantitative estimate of drug-likeness (QED) is 0.881. The Morgan fingerprint density at radius 3 is 2.54 bits per heavy atom. The van der Waals surface area contributed by atoms with E-state index in [4.69, 9.17) is 0 Å². The predicted octanol–water partition coefficient (Wildman–Crippen LogP) is 3.76. The summed E-state index contributed by atoms with van der Waals surface area (Å²) < 4.78 is 0. The zero-order chi connectivity index (χ0) is 18.1. The summed E-state index contributed by atoms with van der Waals surface area (Å²) in [7, 11) is 0. The van der Waals surface area contributed by atoms with Gasteiger partial charge < -0.3 is 15.0 Å². The van der Waals surface area contributed by atoms with Crippen molar-refractivity contribution in [3.8, 4) is 0 Å². The number of aliphatic carboxylic acids is 1. The number of para-hydroxylation sites is 1. The van der Waals surface area contributed by atoms with Gasteiger partial charge >= 0.3 is 5.97 Å². The van der Waals surface area contributed by atoms with E-state index >= 15 is 0 Å². The number of H-pyrrole nitrogens is 1. The second kappa shape index (κ2) is 7.14. The second-order valence-electron chi connectivity index (χ2n) is 7.79. The highest BCUT2D eigenvalue weighted by Crippen LogP contribution is 2.35. The van der Waals surface area contributed by atoms with Crippen LogP contribution in [0, 0.1) is 11.8 Å². The third-order valence-corrected chi connectivity index (χ3v) is 6.24. The largest absolute Gasteiger partial charge is 0.481 e. The highest BCUT2D eigenvalue weighted by Gasteiger charge is 2.34. The molecule has 1 saturated heterocycles. The fourth-order valence-electron chi connectivity index (χ4n) is 4.74. The third-order valence-electron chi connectivity index (χ3n) is 6.24. The topological polar surface area (TPSA) is 73.4 Å². The minimum absolute atomic E-state index is 0.102. The van der Waals surface area contributed by atoms with E-state index in [1.807, 2.05) is 11.0 Å². The van der Waals surface area contributed by atoms with Gasteiger partial charge in [-0.15, -0.1) is 0 Å². The summed E-state index contributed by atoms with van der Waals surface area (Å²) in [5, 5.41) is 10.5. The van der Waals surface area contributed by atoms with E-state index < -0.39 is 5.97 Å². The average molecular weight is 354 g/mol. The van der Waals surface area contributed by atoms with Crippen LogP contribution in [0.3, 0.4) is 0 Å². The molecule has 0 radical (unpaired) electrons. The second-order valence-corrected chi connectivity index (χ2v) is 7.79. The van der Waals surface area contributed by atoms with E-state index in [0.29, 0.717) is 18.8 Å². The Morgan fingerprint density at radius 2 is 1.77 bits per heavy atom. The van der Waals surface area contributed by atoms with Gasteiger partial charge in [0.05, 0.1) is 5.92 Å². The third kappa shape index (κ3) is 3.22. The standard InChI is InChI=1S/C21H26N2O3/c24-20(15-4-3-5-16(12-15)21(25)26)23-10-8-14(9-11-23)18-13-22-19-7-2-1-6-17(18)19/h1-2,6-7,13-16,22H,3-5,8-12H2,(H,25,26). The number of hydrogen-bond acceptors (Lipinski definition) is 2. The molecule has 4 rings (SSSR count). The molecular weight excluding hydrogens is 328 g/mol. The molecule has 1 aromatic carbocycles. The molecule has 2 fully saturated rings. The lowest BCUT2D eigenvalue weighted by Crippen LogP contribution is -2.43. The normalized spacial score (nSPS) is 24.7. The molecule has 2 N–H and O–H groups in total. The lowest BCUT2D eigenvalue weighted by Gasteiger charge is -2.36. The van der Waals surface area contributed by atoms with Gasteiger partial charge in [0, 0.05) is 36.1 Å². The van der Waals surface area contributed by atoms with Gasteiger partial charge in [0.25, 0.3) is 0 Å². The summed E-state index contributed by atoms with van der Waals surface area (Å²) >= 11 is 0. The number of amides is 1. The Morgan fingerprint density at radius 1 is 1.04 bits per heavy atom. The zero-order valence-corrected chi connectivity index (χ0v) is 15.0. The van der Waals surface area contributed by atoms with Crippen LogP contribution in [0.4, 0.5) is 0 Å². The van der Waals surface area contributed by atoms with Gasteiger partial charge in [-0.1, -0.05) is 24.6 Å². The molecule has 2 heterocycles. The SMILES string of the molecule is O=C(O)C1CCCC(C(=O)N2CCC(c3c[nH]c4ccccc34)CC2)C1. The maximum absolute atomic E-state index is 12.9. The van der Waals surface area contributed by atoms with Gasteiger partial charge in [-0.25, -0.2) is 0 Å². The molecule has 1 amide bonds. The number of likely N-dealkylation sites (tertiary alicyclic amines) is 1. The first-order chi connectivity index (χ1) is 12.6. The van der Waals surface area contributed by atoms with Crippen LogP contribution in [-0.4, -0.2) is 40.0 Å². The molecule has 1 aliphatic heterocycles. The van der Waals surface area contributed by atoms with Gasteiger partial charge in [-0.05, 0) is 49.7 Å². The first-order valence-corrected chi connectivity index (χ1v) is 9.71. The number of piperidine rings is 1. The summed E-state index contributed by atoms with van der Waals surface area (Å²) in [6, 6.07) is 8.37. The molecule has 2 aliphatic rings. The molecule has 2 atom stereocenters. The Hall–Kier alpha value is -2.30. The maximum Gasteiger partial charge on any atom is 0.306 e. The van der Waals surface area contributed by atoms with Crippen molar-refractivity contribution in [2.75, 3.05) is 13.1 Å². The van der Waals surface area contributed by atoms with Crippen molar-refractivity contribution in [2.24, 2.45) is 11.8 Å². The van der Waals surface area contributed by atoms with E-state index in [2.05, 4.69) is 29.4 Å². The predicted molar refractivity (Wildman–Crippen MR) is 99.9 cm³/mol. The van der Waals surface area contributed by atoms with Gasteiger partial charge in [-0.2, -0.15) is 0 Å². The van der Waals surface area contributed by atoms with Crippen LogP contribution in [-0.2, 0) is 9.59 Å². The smallest absolute Gasteiger partial charge is 0.306 e. The van der Waals surface area contributed by atoms with Crippen molar-refractivity contribution in [3.05, 3.63) is 36.0 Å². The summed E-state index contributed by atoms with van der Waals surface area (Å²) in [6.45, 7) is 1.55. The minimum atomic E-state index is -0.749. The van der Waals surface area contributed by atoms with Crippen molar-refractivity contribution in [1.82, 2.24) is 9.88 Å². The highest BCUT2D eigenvalue weighted by molar-refractivity contribution is 5.84. The van der Waals surface area contributed by atoms with Gasteiger partial charge in [0.15, 0.2) is 0 Å². The van der Waals surface area contributed by atoms with E-state index in [0.717, 1.165) is 38.8 Å². The maximum atomic E-state index is 12.9. The van der Waals surface area contributed by atoms with Gasteiger partial charge in [0.2, 0.25) is 5.91 Å². The number of nitrogens with zero attached hydrogens (tertiary/aromatic N) is 1. The van der Waals surface area contributed by atoms with Crippen molar-refractivity contribution >= 4 is 22.8 Å². The van der Waals surface area contributed by atoms with Crippen molar-refractivity contribution < 1.29 is 14.7 Å². The summed E-state index contributed by atoms with van der Waals surface area (Å²) in [5.41, 5.74) is 2.53. The molecule has 1 saturated carbocycles. The van der Waals surface area contributed by atoms with Crippen LogP contribution >= 0.6 is 0 Å². The highest BCUT2D eigenvalue weighted by atomic mass is 16.4. The van der Waals surface area contributed by atoms with Crippen LogP contribution in [0.5, 0.6) is 0 Å². The molecule has 1 aliphatic carbocycles. The molecule has 26 heavy (non-hydrogen) atoms. The van der Waals surface area contributed by atoms with Crippen LogP contribution < -0.4 is 0 Å². The lowest BCUT2D eigenvalue weighted by atomic mass is 9.80. The van der Waals surface area contributed by atoms with Crippen LogP contribution in [0.2, 0.25) is 0 Å². The Bertz CT molecular complexity index is 804. The molecule has 0 bridgehead atoms. The number of benzene rings is 1. The summed E-state index contributed by atoms with van der Waals surface area (Å²) in [4.78, 5) is 29.4. The number of aromatic nitrogens is 1. The fraction of sp³-hybridized carbons (Fsp3) is 0.524. The van der Waals surface area contributed by atoms with E-state index in [1.54, 1.807) is 0 Å². The van der Waals surface area contributed by atoms with E-state index in [9.17, 15) is 14.7 Å². The van der Waals surface area contributed by atoms with Crippen LogP contribution in [0.15, 0.2) is 30.5 Å². The number of carbonyl (C=O) groups is 2. The van der Waals surface area contributed by atoms with Crippen molar-refractivity contribution in [1.29, 1.82) is 0 Å². The molecule has 1 aromatic heterocycles. The van der Waals surface area contributed by atoms with Crippen molar-refractivity contribution in [3.63, 3.8) is 0 Å². The average Bonchev–Trinajstić information content (AvgIpc) is 3.12. The molecule has 5 heteroatoms. The zero-order valence-electron chi connectivity index (χ0n) is 15.0. The number of hydrogen-bond donors (Lipinski definition) is 2. The van der Waals surface area contributed by atoms with Crippen LogP contribution in [0.1, 0.15) is 50.0 Å². The molecule has 0 spiro atoms. The van der Waals surface area contributed by atoms with E-state index in [1.165, 1.54) is 16.5 Å². The van der Waals surface area contributed by atoms with Crippen molar-refractivity contribution in [2.45, 2.75) is 44.4 Å². The lowest BCUT2D eigenvalue weighted by molar-refractivity contribution is -0.145. The first-order valence-electron chi connectivity index (χ1n) is 9.71. The van der Waals surface area contributed by atoms with E-state index in [-0.39, 0.29) is 17.7 Å². The van der Waals surface area contributed by atoms with Gasteiger partial charge in [-0.3, -0.25) is 9.59 Å². The van der Waals surface area contributed by atoms with Crippen LogP contribution in [0.25, 0.3) is 10.9 Å². The fourth-order valence-corrected chi connectivity index (χ4v) is 4.74. The summed E-state index contributed by atoms with van der Waals surface area (Å²) in [5.74, 6) is -0.543. The Balaban J connectivity index is 1.39.